The van der Waals surface area contributed by atoms with Gasteiger partial charge in [-0.3, -0.25) is 9.58 Å². The summed E-state index contributed by atoms with van der Waals surface area (Å²) >= 11 is 0. The van der Waals surface area contributed by atoms with Gasteiger partial charge in [-0.15, -0.1) is 0 Å². The number of ether oxygens (including phenoxy) is 1. The highest BCUT2D eigenvalue weighted by Crippen LogP contribution is 2.43. The van der Waals surface area contributed by atoms with Crippen LogP contribution in [0.5, 0.6) is 5.88 Å². The summed E-state index contributed by atoms with van der Waals surface area (Å²) < 4.78 is 10.7. The maximum absolute atomic E-state index is 6.42. The maximum atomic E-state index is 6.42. The molecule has 5 rings (SSSR count). The Kier molecular flexibility index (Phi) is 4.83. The smallest absolute Gasteiger partial charge is 0.213 e. The molecule has 7 heteroatoms. The van der Waals surface area contributed by atoms with Crippen LogP contribution in [0.15, 0.2) is 49.1 Å². The molecule has 0 aromatic carbocycles. The first-order chi connectivity index (χ1) is 14.2. The van der Waals surface area contributed by atoms with Gasteiger partial charge >= 0.3 is 0 Å². The lowest BCUT2D eigenvalue weighted by Gasteiger charge is -2.38. The van der Waals surface area contributed by atoms with Crippen LogP contribution in [0.25, 0.3) is 0 Å². The van der Waals surface area contributed by atoms with Crippen LogP contribution in [0.1, 0.15) is 30.4 Å². The summed E-state index contributed by atoms with van der Waals surface area (Å²) in [4.78, 5) is 11.4. The zero-order chi connectivity index (χ0) is 19.8. The van der Waals surface area contributed by atoms with E-state index in [9.17, 15) is 0 Å². The van der Waals surface area contributed by atoms with Crippen LogP contribution < -0.4 is 4.74 Å². The minimum atomic E-state index is 0.107. The monoisotopic (exact) mass is 392 g/mol. The number of hydrogen-bond acceptors (Lipinski definition) is 5. The molecule has 3 aromatic heterocycles. The average molecular weight is 393 g/mol. The van der Waals surface area contributed by atoms with Crippen molar-refractivity contribution in [2.75, 3.05) is 13.1 Å². The molecule has 0 spiro atoms. The molecule has 0 N–H and O–H groups in total. The summed E-state index contributed by atoms with van der Waals surface area (Å²) in [7, 11) is 2.02. The Hall–Kier alpha value is -2.67. The normalized spacial score (nSPS) is 27.1. The Morgan fingerprint density at radius 3 is 2.59 bits per heavy atom. The van der Waals surface area contributed by atoms with Gasteiger partial charge in [0.2, 0.25) is 5.88 Å². The van der Waals surface area contributed by atoms with E-state index in [-0.39, 0.29) is 12.1 Å². The standard InChI is InChI=1S/C22H28N6O/c1-16-23-9-10-28(16)20-11-17-13-27(15-19-6-8-25-26(19)2)14-18(17)12-21(20)29-22-5-3-4-7-24-22/h3-10,17-18,20-21H,11-15H2,1-2H3/t17-,18+,20-,21-/m0/s1. The van der Waals surface area contributed by atoms with Crippen LogP contribution in [0, 0.1) is 18.8 Å². The van der Waals surface area contributed by atoms with Gasteiger partial charge in [-0.05, 0) is 43.7 Å². The van der Waals surface area contributed by atoms with Crippen molar-refractivity contribution in [3.63, 3.8) is 0 Å². The largest absolute Gasteiger partial charge is 0.472 e. The van der Waals surface area contributed by atoms with Gasteiger partial charge in [0, 0.05) is 57.5 Å². The van der Waals surface area contributed by atoms with E-state index >= 15 is 0 Å². The van der Waals surface area contributed by atoms with Crippen LogP contribution in [-0.4, -0.2) is 48.4 Å². The predicted octanol–water partition coefficient (Wildman–Crippen LogP) is 2.85. The first-order valence-electron chi connectivity index (χ1n) is 10.4. The third-order valence-electron chi connectivity index (χ3n) is 6.60. The molecule has 29 heavy (non-hydrogen) atoms. The fraction of sp³-hybridized carbons (Fsp3) is 0.500. The van der Waals surface area contributed by atoms with Gasteiger partial charge in [0.25, 0.3) is 0 Å². The van der Waals surface area contributed by atoms with E-state index in [2.05, 4.69) is 43.7 Å². The number of likely N-dealkylation sites (tertiary alicyclic amines) is 1. The lowest BCUT2D eigenvalue weighted by atomic mass is 9.77. The number of rotatable bonds is 5. The van der Waals surface area contributed by atoms with Crippen molar-refractivity contribution >= 4 is 0 Å². The molecule has 0 unspecified atom stereocenters. The molecule has 2 aliphatic rings. The van der Waals surface area contributed by atoms with Crippen LogP contribution in [-0.2, 0) is 13.6 Å². The summed E-state index contributed by atoms with van der Waals surface area (Å²) in [5.41, 5.74) is 1.27. The second-order valence-corrected chi connectivity index (χ2v) is 8.41. The van der Waals surface area contributed by atoms with Gasteiger partial charge in [-0.25, -0.2) is 9.97 Å². The van der Waals surface area contributed by atoms with E-state index in [1.807, 2.05) is 42.3 Å². The van der Waals surface area contributed by atoms with Gasteiger partial charge in [-0.2, -0.15) is 5.10 Å². The zero-order valence-corrected chi connectivity index (χ0v) is 17.1. The maximum Gasteiger partial charge on any atom is 0.213 e. The third kappa shape index (κ3) is 3.67. The molecule has 1 aliphatic heterocycles. The Balaban J connectivity index is 1.35. The van der Waals surface area contributed by atoms with E-state index in [4.69, 9.17) is 4.74 Å². The molecule has 1 aliphatic carbocycles. The molecule has 0 amide bonds. The molecule has 0 bridgehead atoms. The van der Waals surface area contributed by atoms with Crippen molar-refractivity contribution in [1.82, 2.24) is 29.2 Å². The van der Waals surface area contributed by atoms with Crippen molar-refractivity contribution in [3.8, 4) is 5.88 Å². The van der Waals surface area contributed by atoms with Crippen molar-refractivity contribution < 1.29 is 4.74 Å². The van der Waals surface area contributed by atoms with E-state index < -0.39 is 0 Å². The molecule has 2 fully saturated rings. The zero-order valence-electron chi connectivity index (χ0n) is 17.1. The Bertz CT molecular complexity index is 951. The molecule has 4 heterocycles. The van der Waals surface area contributed by atoms with Gasteiger partial charge in [0.05, 0.1) is 11.7 Å². The molecule has 152 valence electrons. The number of imidazole rings is 1. The molecule has 3 aromatic rings. The van der Waals surface area contributed by atoms with Crippen molar-refractivity contribution in [2.24, 2.45) is 18.9 Å². The van der Waals surface area contributed by atoms with E-state index in [1.165, 1.54) is 5.69 Å². The van der Waals surface area contributed by atoms with Crippen LogP contribution in [0.3, 0.4) is 0 Å². The number of aromatic nitrogens is 5. The SMILES string of the molecule is Cc1nccn1[C@H]1C[C@H]2CN(Cc3ccnn3C)C[C@H]2C[C@@H]1Oc1ccccn1. The minimum absolute atomic E-state index is 0.107. The topological polar surface area (TPSA) is 61.0 Å². The molecule has 1 saturated carbocycles. The molecular formula is C22H28N6O. The second kappa shape index (κ2) is 7.63. The summed E-state index contributed by atoms with van der Waals surface area (Å²) in [5.74, 6) is 3.09. The summed E-state index contributed by atoms with van der Waals surface area (Å²) in [6.07, 6.45) is 9.93. The first-order valence-corrected chi connectivity index (χ1v) is 10.4. The number of fused-ring (bicyclic) bond motifs is 1. The lowest BCUT2D eigenvalue weighted by Crippen LogP contribution is -2.40. The van der Waals surface area contributed by atoms with Gasteiger partial charge in [0.1, 0.15) is 11.9 Å². The van der Waals surface area contributed by atoms with Crippen molar-refractivity contribution in [1.29, 1.82) is 0 Å². The number of pyridine rings is 1. The Labute approximate surface area is 171 Å². The Morgan fingerprint density at radius 1 is 1.03 bits per heavy atom. The predicted molar refractivity (Wildman–Crippen MR) is 109 cm³/mol. The van der Waals surface area contributed by atoms with E-state index in [0.29, 0.717) is 17.7 Å². The molecular weight excluding hydrogens is 364 g/mol. The number of aryl methyl sites for hydroxylation is 2. The summed E-state index contributed by atoms with van der Waals surface area (Å²) in [5, 5.41) is 4.32. The van der Waals surface area contributed by atoms with Crippen LogP contribution >= 0.6 is 0 Å². The van der Waals surface area contributed by atoms with Gasteiger partial charge < -0.3 is 9.30 Å². The van der Waals surface area contributed by atoms with Crippen LogP contribution in [0.4, 0.5) is 0 Å². The quantitative estimate of drug-likeness (QED) is 0.668. The molecule has 4 atom stereocenters. The van der Waals surface area contributed by atoms with Gasteiger partial charge in [0.15, 0.2) is 0 Å². The fourth-order valence-electron chi connectivity index (χ4n) is 5.13. The molecule has 7 nitrogen and oxygen atoms in total. The van der Waals surface area contributed by atoms with Crippen LogP contribution in [0.2, 0.25) is 0 Å². The average Bonchev–Trinajstić information content (AvgIpc) is 3.42. The number of hydrogen-bond donors (Lipinski definition) is 0. The first kappa shape index (κ1) is 18.4. The van der Waals surface area contributed by atoms with Crippen molar-refractivity contribution in [2.45, 2.75) is 38.5 Å². The molecule has 0 radical (unpaired) electrons. The number of nitrogens with zero attached hydrogens (tertiary/aromatic N) is 6. The van der Waals surface area contributed by atoms with Crippen molar-refractivity contribution in [3.05, 3.63) is 60.6 Å². The highest BCUT2D eigenvalue weighted by Gasteiger charge is 2.44. The summed E-state index contributed by atoms with van der Waals surface area (Å²) in [6.45, 7) is 5.29. The highest BCUT2D eigenvalue weighted by molar-refractivity contribution is 5.12. The Morgan fingerprint density at radius 2 is 1.90 bits per heavy atom. The lowest BCUT2D eigenvalue weighted by molar-refractivity contribution is 0.0504. The fourth-order valence-corrected chi connectivity index (χ4v) is 5.13. The molecule has 1 saturated heterocycles. The van der Waals surface area contributed by atoms with Gasteiger partial charge in [-0.1, -0.05) is 6.07 Å². The van der Waals surface area contributed by atoms with E-state index in [0.717, 1.165) is 38.3 Å². The minimum Gasteiger partial charge on any atom is -0.472 e. The van der Waals surface area contributed by atoms with E-state index in [1.54, 1.807) is 6.20 Å². The summed E-state index contributed by atoms with van der Waals surface area (Å²) in [6, 6.07) is 8.27. The second-order valence-electron chi connectivity index (χ2n) is 8.41. The third-order valence-corrected chi connectivity index (χ3v) is 6.60. The highest BCUT2D eigenvalue weighted by atomic mass is 16.5.